The Kier molecular flexibility index (Phi) is 2.60. The molecule has 0 nitrogen and oxygen atoms in total. The molecule has 1 rings (SSSR count). The Labute approximate surface area is 67.3 Å². The molecule has 0 saturated heterocycles. The molecule has 0 aromatic carbocycles. The van der Waals surface area contributed by atoms with Crippen LogP contribution in [0.15, 0.2) is 22.5 Å². The molecule has 0 aromatic rings. The third kappa shape index (κ3) is 1.99. The molecule has 0 spiro atoms. The molecule has 0 fully saturated rings. The summed E-state index contributed by atoms with van der Waals surface area (Å²) >= 11 is 5.38. The highest BCUT2D eigenvalue weighted by atomic mass is 35.5. The Hall–Kier alpha value is -0.440. The van der Waals surface area contributed by atoms with Crippen LogP contribution in [0.2, 0.25) is 0 Å². The molecule has 0 heterocycles. The van der Waals surface area contributed by atoms with Gasteiger partial charge in [-0.2, -0.15) is 0 Å². The average molecular weight is 182 g/mol. The van der Waals surface area contributed by atoms with E-state index in [1.54, 1.807) is 0 Å². The van der Waals surface area contributed by atoms with Gasteiger partial charge in [-0.25, -0.2) is 13.2 Å². The SMILES string of the molecule is FC1=CC(C(F)F)=C(Cl)[CH]C1. The van der Waals surface area contributed by atoms with Crippen molar-refractivity contribution in [1.29, 1.82) is 0 Å². The molecule has 61 valence electrons. The topological polar surface area (TPSA) is 0 Å². The van der Waals surface area contributed by atoms with Crippen molar-refractivity contribution in [3.05, 3.63) is 28.9 Å². The molecular formula is C7H5ClF3. The van der Waals surface area contributed by atoms with Crippen molar-refractivity contribution in [2.24, 2.45) is 0 Å². The van der Waals surface area contributed by atoms with Crippen molar-refractivity contribution in [2.45, 2.75) is 12.8 Å². The molecule has 0 unspecified atom stereocenters. The predicted molar refractivity (Wildman–Crippen MR) is 37.0 cm³/mol. The number of rotatable bonds is 1. The molecule has 4 heteroatoms. The van der Waals surface area contributed by atoms with Gasteiger partial charge in [0.15, 0.2) is 0 Å². The van der Waals surface area contributed by atoms with Gasteiger partial charge in [0, 0.05) is 23.4 Å². The minimum Gasteiger partial charge on any atom is -0.212 e. The first-order valence-corrected chi connectivity index (χ1v) is 3.36. The summed E-state index contributed by atoms with van der Waals surface area (Å²) in [5.41, 5.74) is -0.435. The highest BCUT2D eigenvalue weighted by Crippen LogP contribution is 2.29. The first-order chi connectivity index (χ1) is 5.11. The summed E-state index contributed by atoms with van der Waals surface area (Å²) in [6.07, 6.45) is -0.676. The molecule has 0 aromatic heterocycles. The smallest absolute Gasteiger partial charge is 0.212 e. The van der Waals surface area contributed by atoms with Crippen LogP contribution in [0.4, 0.5) is 13.2 Å². The molecule has 0 aliphatic heterocycles. The van der Waals surface area contributed by atoms with Crippen molar-refractivity contribution in [1.82, 2.24) is 0 Å². The van der Waals surface area contributed by atoms with Crippen LogP contribution in [0.25, 0.3) is 0 Å². The fraction of sp³-hybridized carbons (Fsp3) is 0.286. The Balaban J connectivity index is 2.89. The van der Waals surface area contributed by atoms with E-state index in [-0.39, 0.29) is 11.5 Å². The normalized spacial score (nSPS) is 19.2. The summed E-state index contributed by atoms with van der Waals surface area (Å²) in [6.45, 7) is 0. The first kappa shape index (κ1) is 8.65. The highest BCUT2D eigenvalue weighted by Gasteiger charge is 2.18. The van der Waals surface area contributed by atoms with E-state index < -0.39 is 17.8 Å². The fourth-order valence-electron chi connectivity index (χ4n) is 0.769. The summed E-state index contributed by atoms with van der Waals surface area (Å²) in [5, 5.41) is -0.0543. The summed E-state index contributed by atoms with van der Waals surface area (Å²) in [4.78, 5) is 0. The molecule has 0 bridgehead atoms. The molecule has 1 aliphatic carbocycles. The molecule has 0 N–H and O–H groups in total. The van der Waals surface area contributed by atoms with E-state index in [1.165, 1.54) is 6.42 Å². The average Bonchev–Trinajstić information content (AvgIpc) is 1.94. The van der Waals surface area contributed by atoms with E-state index in [9.17, 15) is 13.2 Å². The summed E-state index contributed by atoms with van der Waals surface area (Å²) in [7, 11) is 0. The zero-order valence-electron chi connectivity index (χ0n) is 5.45. The third-order valence-corrected chi connectivity index (χ3v) is 1.67. The second-order valence-corrected chi connectivity index (χ2v) is 2.51. The van der Waals surface area contributed by atoms with Gasteiger partial charge in [0.25, 0.3) is 6.43 Å². The largest absolute Gasteiger partial charge is 0.265 e. The molecule has 0 saturated carbocycles. The van der Waals surface area contributed by atoms with Gasteiger partial charge in [-0.1, -0.05) is 11.6 Å². The summed E-state index contributed by atoms with van der Waals surface area (Å²) in [6, 6.07) is 0. The van der Waals surface area contributed by atoms with E-state index >= 15 is 0 Å². The van der Waals surface area contributed by atoms with Crippen molar-refractivity contribution in [3.8, 4) is 0 Å². The maximum atomic E-state index is 12.4. The van der Waals surface area contributed by atoms with E-state index in [2.05, 4.69) is 0 Å². The van der Waals surface area contributed by atoms with Gasteiger partial charge in [-0.05, 0) is 6.08 Å². The Bertz CT molecular complexity index is 218. The lowest BCUT2D eigenvalue weighted by Crippen LogP contribution is -2.01. The molecular weight excluding hydrogens is 177 g/mol. The van der Waals surface area contributed by atoms with Crippen molar-refractivity contribution < 1.29 is 13.2 Å². The Morgan fingerprint density at radius 3 is 2.55 bits per heavy atom. The molecule has 1 radical (unpaired) electrons. The van der Waals surface area contributed by atoms with Crippen molar-refractivity contribution >= 4 is 11.6 Å². The summed E-state index contributed by atoms with van der Waals surface area (Å²) < 4.78 is 36.3. The maximum absolute atomic E-state index is 12.4. The van der Waals surface area contributed by atoms with Crippen LogP contribution in [0.1, 0.15) is 6.42 Å². The monoisotopic (exact) mass is 181 g/mol. The fourth-order valence-corrected chi connectivity index (χ4v) is 0.983. The van der Waals surface area contributed by atoms with Gasteiger partial charge in [0.2, 0.25) is 0 Å². The van der Waals surface area contributed by atoms with Crippen LogP contribution >= 0.6 is 11.6 Å². The number of hydrogen-bond acceptors (Lipinski definition) is 0. The zero-order chi connectivity index (χ0) is 8.43. The van der Waals surface area contributed by atoms with Crippen LogP contribution in [0, 0.1) is 6.42 Å². The number of allylic oxidation sites excluding steroid dienone is 4. The second-order valence-electron chi connectivity index (χ2n) is 2.10. The minimum absolute atomic E-state index is 0.00898. The van der Waals surface area contributed by atoms with Crippen LogP contribution in [0.5, 0.6) is 0 Å². The van der Waals surface area contributed by atoms with Crippen LogP contribution in [-0.4, -0.2) is 6.43 Å². The highest BCUT2D eigenvalue weighted by molar-refractivity contribution is 6.31. The number of hydrogen-bond donors (Lipinski definition) is 0. The van der Waals surface area contributed by atoms with Gasteiger partial charge in [0.1, 0.15) is 5.83 Å². The molecule has 0 amide bonds. The van der Waals surface area contributed by atoms with Gasteiger partial charge >= 0.3 is 0 Å². The van der Waals surface area contributed by atoms with Gasteiger partial charge in [0.05, 0.1) is 0 Å². The maximum Gasteiger partial charge on any atom is 0.265 e. The number of alkyl halides is 2. The summed E-state index contributed by atoms with van der Waals surface area (Å²) in [5.74, 6) is -0.579. The van der Waals surface area contributed by atoms with Crippen LogP contribution < -0.4 is 0 Å². The van der Waals surface area contributed by atoms with Gasteiger partial charge < -0.3 is 0 Å². The quantitative estimate of drug-likeness (QED) is 0.583. The first-order valence-electron chi connectivity index (χ1n) is 2.98. The Morgan fingerprint density at radius 2 is 2.09 bits per heavy atom. The molecule has 11 heavy (non-hydrogen) atoms. The zero-order valence-corrected chi connectivity index (χ0v) is 6.21. The van der Waals surface area contributed by atoms with Crippen LogP contribution in [-0.2, 0) is 0 Å². The molecule has 1 aliphatic rings. The number of halogens is 4. The lowest BCUT2D eigenvalue weighted by atomic mass is 10.1. The van der Waals surface area contributed by atoms with Crippen molar-refractivity contribution in [2.75, 3.05) is 0 Å². The van der Waals surface area contributed by atoms with E-state index in [0.717, 1.165) is 6.08 Å². The third-order valence-electron chi connectivity index (χ3n) is 1.30. The van der Waals surface area contributed by atoms with Gasteiger partial charge in [-0.3, -0.25) is 0 Å². The standard InChI is InChI=1S/C7H5ClF3/c8-6-2-1-4(9)3-5(6)7(10)11/h2-3,7H,1H2. The van der Waals surface area contributed by atoms with E-state index in [1.807, 2.05) is 0 Å². The lowest BCUT2D eigenvalue weighted by molar-refractivity contribution is 0.192. The van der Waals surface area contributed by atoms with Crippen LogP contribution in [0.3, 0.4) is 0 Å². The lowest BCUT2D eigenvalue weighted by Gasteiger charge is -2.10. The second kappa shape index (κ2) is 3.30. The molecule has 0 atom stereocenters. The minimum atomic E-state index is -2.70. The van der Waals surface area contributed by atoms with E-state index in [0.29, 0.717) is 0 Å². The van der Waals surface area contributed by atoms with Gasteiger partial charge in [-0.15, -0.1) is 0 Å². The Morgan fingerprint density at radius 1 is 1.45 bits per heavy atom. The van der Waals surface area contributed by atoms with Crippen molar-refractivity contribution in [3.63, 3.8) is 0 Å². The van der Waals surface area contributed by atoms with E-state index in [4.69, 9.17) is 11.6 Å². The predicted octanol–water partition coefficient (Wildman–Crippen LogP) is 3.21.